The molecule has 0 fully saturated rings. The Hall–Kier alpha value is -3.11. The Morgan fingerprint density at radius 2 is 1.50 bits per heavy atom. The summed E-state index contributed by atoms with van der Waals surface area (Å²) in [5.41, 5.74) is 3.15. The minimum Gasteiger partial charge on any atom is -0.483 e. The maximum atomic E-state index is 12.6. The molecular weight excluding hydrogens is 348 g/mol. The maximum Gasteiger partial charge on any atom is 0.258 e. The molecule has 0 aromatic heterocycles. The average Bonchev–Trinajstić information content (AvgIpc) is 2.73. The Morgan fingerprint density at radius 1 is 0.893 bits per heavy atom. The highest BCUT2D eigenvalue weighted by atomic mass is 16.5. The minimum atomic E-state index is -0.127. The van der Waals surface area contributed by atoms with Gasteiger partial charge in [0.1, 0.15) is 18.3 Å². The second-order valence-corrected chi connectivity index (χ2v) is 7.09. The summed E-state index contributed by atoms with van der Waals surface area (Å²) in [4.78, 5) is 13.9. The first kappa shape index (κ1) is 19.6. The van der Waals surface area contributed by atoms with Crippen molar-refractivity contribution in [2.24, 2.45) is 0 Å². The van der Waals surface area contributed by atoms with Crippen LogP contribution in [0.5, 0.6) is 5.75 Å². The van der Waals surface area contributed by atoms with E-state index in [2.05, 4.69) is 19.4 Å². The van der Waals surface area contributed by atoms with Gasteiger partial charge < -0.3 is 15.0 Å². The van der Waals surface area contributed by atoms with Crippen molar-refractivity contribution < 1.29 is 14.4 Å². The van der Waals surface area contributed by atoms with E-state index in [0.29, 0.717) is 5.75 Å². The zero-order valence-electron chi connectivity index (χ0n) is 16.4. The lowest BCUT2D eigenvalue weighted by atomic mass is 10.1. The van der Waals surface area contributed by atoms with Gasteiger partial charge in [-0.1, -0.05) is 78.9 Å². The first-order valence-corrected chi connectivity index (χ1v) is 9.54. The van der Waals surface area contributed by atoms with Crippen LogP contribution in [0, 0.1) is 0 Å². The van der Waals surface area contributed by atoms with Gasteiger partial charge >= 0.3 is 0 Å². The number of amides is 1. The van der Waals surface area contributed by atoms with Gasteiger partial charge in [-0.25, -0.2) is 0 Å². The van der Waals surface area contributed by atoms with Crippen molar-refractivity contribution in [2.75, 3.05) is 27.2 Å². The van der Waals surface area contributed by atoms with Crippen molar-refractivity contribution in [1.29, 1.82) is 0 Å². The lowest BCUT2D eigenvalue weighted by Gasteiger charge is -2.21. The molecule has 4 nitrogen and oxygen atoms in total. The van der Waals surface area contributed by atoms with Crippen molar-refractivity contribution in [3.8, 4) is 16.9 Å². The SMILES string of the molecule is C[NH+](C)C[C@H](NC(=O)COc1ccccc1-c1ccccc1)c1ccccc1. The van der Waals surface area contributed by atoms with E-state index >= 15 is 0 Å². The summed E-state index contributed by atoms with van der Waals surface area (Å²) in [5, 5.41) is 3.11. The van der Waals surface area contributed by atoms with Gasteiger partial charge in [-0.05, 0) is 17.2 Å². The largest absolute Gasteiger partial charge is 0.483 e. The standard InChI is InChI=1S/C24H26N2O2/c1-26(2)17-22(20-13-7-4-8-14-20)25-24(27)18-28-23-16-10-9-15-21(23)19-11-5-3-6-12-19/h3-16,22H,17-18H2,1-2H3,(H,25,27)/p+1/t22-/m0/s1. The van der Waals surface area contributed by atoms with Crippen LogP contribution >= 0.6 is 0 Å². The van der Waals surface area contributed by atoms with Gasteiger partial charge in [-0.2, -0.15) is 0 Å². The van der Waals surface area contributed by atoms with Gasteiger partial charge in [0.2, 0.25) is 0 Å². The van der Waals surface area contributed by atoms with E-state index in [9.17, 15) is 4.79 Å². The third kappa shape index (κ3) is 5.44. The number of hydrogen-bond donors (Lipinski definition) is 2. The Morgan fingerprint density at radius 3 is 2.18 bits per heavy atom. The molecule has 4 heteroatoms. The average molecular weight is 375 g/mol. The number of carbonyl (C=O) groups excluding carboxylic acids is 1. The van der Waals surface area contributed by atoms with E-state index in [1.165, 1.54) is 4.90 Å². The van der Waals surface area contributed by atoms with E-state index in [1.54, 1.807) is 0 Å². The molecule has 3 aromatic carbocycles. The van der Waals surface area contributed by atoms with E-state index in [0.717, 1.165) is 23.2 Å². The minimum absolute atomic E-state index is 0.0179. The fourth-order valence-electron chi connectivity index (χ4n) is 3.17. The smallest absolute Gasteiger partial charge is 0.258 e. The molecule has 0 aliphatic rings. The lowest BCUT2D eigenvalue weighted by molar-refractivity contribution is -0.860. The number of carbonyl (C=O) groups is 1. The number of likely N-dealkylation sites (N-methyl/N-ethyl adjacent to an activating group) is 1. The van der Waals surface area contributed by atoms with Gasteiger partial charge in [0, 0.05) is 5.56 Å². The van der Waals surface area contributed by atoms with Crippen LogP contribution in [0.4, 0.5) is 0 Å². The zero-order chi connectivity index (χ0) is 19.8. The molecule has 0 saturated heterocycles. The second-order valence-electron chi connectivity index (χ2n) is 7.09. The molecule has 144 valence electrons. The van der Waals surface area contributed by atoms with Crippen LogP contribution in [0.2, 0.25) is 0 Å². The topological polar surface area (TPSA) is 42.8 Å². The van der Waals surface area contributed by atoms with Crippen molar-refractivity contribution in [3.63, 3.8) is 0 Å². The van der Waals surface area contributed by atoms with Gasteiger partial charge in [0.05, 0.1) is 14.1 Å². The number of ether oxygens (including phenoxy) is 1. The number of nitrogens with one attached hydrogen (secondary N) is 2. The number of hydrogen-bond acceptors (Lipinski definition) is 2. The van der Waals surface area contributed by atoms with Gasteiger partial charge in [-0.3, -0.25) is 4.79 Å². The molecule has 3 aromatic rings. The molecule has 0 bridgehead atoms. The molecule has 28 heavy (non-hydrogen) atoms. The Labute approximate surface area is 166 Å². The summed E-state index contributed by atoms with van der Waals surface area (Å²) in [6.07, 6.45) is 0. The Balaban J connectivity index is 1.67. The highest BCUT2D eigenvalue weighted by Crippen LogP contribution is 2.29. The molecule has 0 heterocycles. The third-order valence-corrected chi connectivity index (χ3v) is 4.48. The molecule has 3 rings (SSSR count). The van der Waals surface area contributed by atoms with Crippen molar-refractivity contribution in [2.45, 2.75) is 6.04 Å². The van der Waals surface area contributed by atoms with E-state index < -0.39 is 0 Å². The molecule has 0 unspecified atom stereocenters. The van der Waals surface area contributed by atoms with Crippen molar-refractivity contribution >= 4 is 5.91 Å². The molecule has 0 saturated carbocycles. The first-order valence-electron chi connectivity index (χ1n) is 9.54. The molecule has 0 aliphatic heterocycles. The summed E-state index contributed by atoms with van der Waals surface area (Å²) in [5.74, 6) is 0.580. The first-order chi connectivity index (χ1) is 13.6. The fourth-order valence-corrected chi connectivity index (χ4v) is 3.17. The van der Waals surface area contributed by atoms with Crippen LogP contribution in [0.1, 0.15) is 11.6 Å². The summed E-state index contributed by atoms with van der Waals surface area (Å²) in [7, 11) is 4.16. The summed E-state index contributed by atoms with van der Waals surface area (Å²) < 4.78 is 5.88. The molecule has 0 radical (unpaired) electrons. The summed E-state index contributed by atoms with van der Waals surface area (Å²) >= 11 is 0. The molecule has 1 amide bonds. The number of rotatable bonds is 8. The fraction of sp³-hybridized carbons (Fsp3) is 0.208. The van der Waals surface area contributed by atoms with Crippen molar-refractivity contribution in [3.05, 3.63) is 90.5 Å². The third-order valence-electron chi connectivity index (χ3n) is 4.48. The van der Waals surface area contributed by atoms with Crippen molar-refractivity contribution in [1.82, 2.24) is 5.32 Å². The lowest BCUT2D eigenvalue weighted by Crippen LogP contribution is -3.06. The Kier molecular flexibility index (Phi) is 6.82. The molecular formula is C24H27N2O2+. The highest BCUT2D eigenvalue weighted by Gasteiger charge is 2.18. The van der Waals surface area contributed by atoms with Gasteiger partial charge in [0.25, 0.3) is 5.91 Å². The number of para-hydroxylation sites is 1. The zero-order valence-corrected chi connectivity index (χ0v) is 16.4. The summed E-state index contributed by atoms with van der Waals surface area (Å²) in [6.45, 7) is 0.784. The molecule has 2 N–H and O–H groups in total. The van der Waals surface area contributed by atoms with Crippen LogP contribution < -0.4 is 15.0 Å². The monoisotopic (exact) mass is 375 g/mol. The van der Waals surface area contributed by atoms with E-state index in [4.69, 9.17) is 4.74 Å². The molecule has 0 aliphatic carbocycles. The van der Waals surface area contributed by atoms with Gasteiger partial charge in [0.15, 0.2) is 6.61 Å². The quantitative estimate of drug-likeness (QED) is 0.636. The van der Waals surface area contributed by atoms with Crippen LogP contribution in [-0.2, 0) is 4.79 Å². The molecule has 0 spiro atoms. The Bertz CT molecular complexity index is 879. The van der Waals surface area contributed by atoms with Crippen LogP contribution in [0.15, 0.2) is 84.9 Å². The highest BCUT2D eigenvalue weighted by molar-refractivity contribution is 5.78. The normalized spacial score (nSPS) is 11.8. The van der Waals surface area contributed by atoms with Crippen LogP contribution in [0.3, 0.4) is 0 Å². The predicted octanol–water partition coefficient (Wildman–Crippen LogP) is 2.73. The predicted molar refractivity (Wildman–Crippen MR) is 112 cm³/mol. The van der Waals surface area contributed by atoms with Crippen LogP contribution in [0.25, 0.3) is 11.1 Å². The van der Waals surface area contributed by atoms with E-state index in [1.807, 2.05) is 84.9 Å². The van der Waals surface area contributed by atoms with Crippen LogP contribution in [-0.4, -0.2) is 33.2 Å². The van der Waals surface area contributed by atoms with E-state index in [-0.39, 0.29) is 18.6 Å². The van der Waals surface area contributed by atoms with Gasteiger partial charge in [-0.15, -0.1) is 0 Å². The molecule has 1 atom stereocenters. The summed E-state index contributed by atoms with van der Waals surface area (Å²) in [6, 6.07) is 27.8. The number of benzene rings is 3. The maximum absolute atomic E-state index is 12.6. The second kappa shape index (κ2) is 9.72. The number of quaternary nitrogens is 1.